The first-order chi connectivity index (χ1) is 11.5. The van der Waals surface area contributed by atoms with Gasteiger partial charge in [-0.2, -0.15) is 0 Å². The summed E-state index contributed by atoms with van der Waals surface area (Å²) in [6.07, 6.45) is 1.46. The van der Waals surface area contributed by atoms with Gasteiger partial charge in [0.15, 0.2) is 0 Å². The Morgan fingerprint density at radius 2 is 2.08 bits per heavy atom. The van der Waals surface area contributed by atoms with Crippen molar-refractivity contribution in [3.05, 3.63) is 51.6 Å². The number of carbonyl (C=O) groups is 3. The van der Waals surface area contributed by atoms with Crippen molar-refractivity contribution in [2.45, 2.75) is 0 Å². The van der Waals surface area contributed by atoms with Crippen LogP contribution < -0.4 is 5.32 Å². The normalized spacial score (nSPS) is 15.7. The standard InChI is InChI=1S/C16H10ClNO5S/c1-22-15(20)8-2-4-11(17)10(6-8)12-5-3-9(23-12)7-13-14(19)18-16(21)24-13/h2-7H,1H3,(H,18,19,21)/b13-7-. The Bertz CT molecular complexity index is 886. The first kappa shape index (κ1) is 16.4. The fourth-order valence-corrected chi connectivity index (χ4v) is 2.96. The lowest BCUT2D eigenvalue weighted by Gasteiger charge is -2.04. The van der Waals surface area contributed by atoms with E-state index < -0.39 is 17.1 Å². The molecule has 3 rings (SSSR count). The summed E-state index contributed by atoms with van der Waals surface area (Å²) in [6.45, 7) is 0. The lowest BCUT2D eigenvalue weighted by Crippen LogP contribution is -2.17. The second-order valence-electron chi connectivity index (χ2n) is 4.74. The third-order valence-electron chi connectivity index (χ3n) is 3.20. The molecule has 2 amide bonds. The Kier molecular flexibility index (Phi) is 4.46. The zero-order chi connectivity index (χ0) is 17.3. The van der Waals surface area contributed by atoms with Crippen LogP contribution in [0.25, 0.3) is 17.4 Å². The van der Waals surface area contributed by atoms with Crippen molar-refractivity contribution < 1.29 is 23.5 Å². The van der Waals surface area contributed by atoms with E-state index in [-0.39, 0.29) is 4.91 Å². The number of rotatable bonds is 3. The molecule has 8 heteroatoms. The van der Waals surface area contributed by atoms with Crippen molar-refractivity contribution >= 4 is 46.6 Å². The van der Waals surface area contributed by atoms with Crippen LogP contribution in [0.4, 0.5) is 4.79 Å². The molecule has 24 heavy (non-hydrogen) atoms. The number of esters is 1. The smallest absolute Gasteiger partial charge is 0.337 e. The van der Waals surface area contributed by atoms with Crippen molar-refractivity contribution in [1.82, 2.24) is 5.32 Å². The van der Waals surface area contributed by atoms with E-state index in [1.807, 2.05) is 0 Å². The van der Waals surface area contributed by atoms with E-state index in [4.69, 9.17) is 16.0 Å². The number of hydrogen-bond acceptors (Lipinski definition) is 6. The monoisotopic (exact) mass is 363 g/mol. The van der Waals surface area contributed by atoms with Crippen molar-refractivity contribution in [2.24, 2.45) is 0 Å². The van der Waals surface area contributed by atoms with Gasteiger partial charge in [-0.25, -0.2) is 4.79 Å². The van der Waals surface area contributed by atoms with Gasteiger partial charge in [0.05, 0.1) is 22.6 Å². The Labute approximate surface area is 145 Å². The van der Waals surface area contributed by atoms with Gasteiger partial charge >= 0.3 is 5.97 Å². The number of amides is 2. The van der Waals surface area contributed by atoms with Gasteiger partial charge in [-0.05, 0) is 42.1 Å². The number of benzene rings is 1. The summed E-state index contributed by atoms with van der Waals surface area (Å²) in [6, 6.07) is 7.98. The van der Waals surface area contributed by atoms with Crippen LogP contribution in [-0.2, 0) is 9.53 Å². The largest absolute Gasteiger partial charge is 0.465 e. The topological polar surface area (TPSA) is 85.6 Å². The van der Waals surface area contributed by atoms with Gasteiger partial charge in [-0.1, -0.05) is 11.6 Å². The van der Waals surface area contributed by atoms with Gasteiger partial charge in [-0.3, -0.25) is 14.9 Å². The maximum absolute atomic E-state index is 11.6. The summed E-state index contributed by atoms with van der Waals surface area (Å²) in [4.78, 5) is 34.6. The van der Waals surface area contributed by atoms with E-state index in [0.29, 0.717) is 27.7 Å². The molecule has 1 aromatic carbocycles. The molecule has 0 atom stereocenters. The van der Waals surface area contributed by atoms with Gasteiger partial charge in [-0.15, -0.1) is 0 Å². The second-order valence-corrected chi connectivity index (χ2v) is 6.16. The maximum Gasteiger partial charge on any atom is 0.337 e. The Morgan fingerprint density at radius 1 is 1.29 bits per heavy atom. The molecule has 0 radical (unpaired) electrons. The minimum atomic E-state index is -0.487. The van der Waals surface area contributed by atoms with E-state index >= 15 is 0 Å². The van der Waals surface area contributed by atoms with Gasteiger partial charge in [0, 0.05) is 11.6 Å². The van der Waals surface area contributed by atoms with Gasteiger partial charge in [0.2, 0.25) is 0 Å². The zero-order valence-corrected chi connectivity index (χ0v) is 13.9. The Balaban J connectivity index is 1.94. The average molecular weight is 364 g/mol. The lowest BCUT2D eigenvalue weighted by molar-refractivity contribution is -0.115. The number of ether oxygens (including phenoxy) is 1. The van der Waals surface area contributed by atoms with Crippen LogP contribution in [0.2, 0.25) is 5.02 Å². The highest BCUT2D eigenvalue weighted by Gasteiger charge is 2.25. The second kappa shape index (κ2) is 6.54. The molecule has 2 heterocycles. The quantitative estimate of drug-likeness (QED) is 0.661. The summed E-state index contributed by atoms with van der Waals surface area (Å²) < 4.78 is 10.3. The highest BCUT2D eigenvalue weighted by atomic mass is 35.5. The Morgan fingerprint density at radius 3 is 2.75 bits per heavy atom. The zero-order valence-electron chi connectivity index (χ0n) is 12.3. The van der Waals surface area contributed by atoms with Crippen molar-refractivity contribution in [3.8, 4) is 11.3 Å². The molecule has 1 aliphatic rings. The molecule has 6 nitrogen and oxygen atoms in total. The van der Waals surface area contributed by atoms with Crippen molar-refractivity contribution in [2.75, 3.05) is 7.11 Å². The van der Waals surface area contributed by atoms with Gasteiger partial charge in [0.1, 0.15) is 11.5 Å². The van der Waals surface area contributed by atoms with Crippen molar-refractivity contribution in [3.63, 3.8) is 0 Å². The van der Waals surface area contributed by atoms with Crippen molar-refractivity contribution in [1.29, 1.82) is 0 Å². The fraction of sp³-hybridized carbons (Fsp3) is 0.0625. The molecule has 1 aromatic heterocycles. The van der Waals surface area contributed by atoms with Crippen LogP contribution in [0.3, 0.4) is 0 Å². The summed E-state index contributed by atoms with van der Waals surface area (Å²) in [5, 5.41) is 2.14. The summed E-state index contributed by atoms with van der Waals surface area (Å²) in [7, 11) is 1.29. The molecule has 1 fully saturated rings. The highest BCUT2D eigenvalue weighted by Crippen LogP contribution is 2.32. The number of furan rings is 1. The van der Waals surface area contributed by atoms with E-state index in [9.17, 15) is 14.4 Å². The molecule has 2 aromatic rings. The number of carbonyl (C=O) groups excluding carboxylic acids is 3. The van der Waals surface area contributed by atoms with E-state index in [0.717, 1.165) is 11.8 Å². The molecular formula is C16H10ClNO5S. The van der Waals surface area contributed by atoms with Gasteiger partial charge in [0.25, 0.3) is 11.1 Å². The predicted molar refractivity (Wildman–Crippen MR) is 89.6 cm³/mol. The molecule has 0 bridgehead atoms. The van der Waals surface area contributed by atoms with E-state index in [2.05, 4.69) is 10.1 Å². The van der Waals surface area contributed by atoms with E-state index in [1.165, 1.54) is 13.2 Å². The molecule has 0 aliphatic carbocycles. The minimum absolute atomic E-state index is 0.246. The first-order valence-corrected chi connectivity index (χ1v) is 7.90. The molecule has 0 unspecified atom stereocenters. The number of thioether (sulfide) groups is 1. The highest BCUT2D eigenvalue weighted by molar-refractivity contribution is 8.18. The van der Waals surface area contributed by atoms with Gasteiger partial charge < -0.3 is 9.15 Å². The average Bonchev–Trinajstić information content (AvgIpc) is 3.14. The lowest BCUT2D eigenvalue weighted by atomic mass is 10.1. The fourth-order valence-electron chi connectivity index (χ4n) is 2.08. The first-order valence-electron chi connectivity index (χ1n) is 6.71. The molecular weight excluding hydrogens is 354 g/mol. The molecule has 1 N–H and O–H groups in total. The SMILES string of the molecule is COC(=O)c1ccc(Cl)c(-c2ccc(/C=C3\SC(=O)NC3=O)o2)c1. The number of nitrogens with one attached hydrogen (secondary N) is 1. The Hall–Kier alpha value is -2.51. The van der Waals surface area contributed by atoms with Crippen LogP contribution >= 0.6 is 23.4 Å². The predicted octanol–water partition coefficient (Wildman–Crippen LogP) is 3.71. The molecule has 0 spiro atoms. The summed E-state index contributed by atoms with van der Waals surface area (Å²) in [5.41, 5.74) is 0.855. The molecule has 1 aliphatic heterocycles. The molecule has 0 saturated carbocycles. The summed E-state index contributed by atoms with van der Waals surface area (Å²) >= 11 is 6.96. The maximum atomic E-state index is 11.6. The van der Waals surface area contributed by atoms with Crippen LogP contribution in [-0.4, -0.2) is 24.2 Å². The molecule has 122 valence electrons. The van der Waals surface area contributed by atoms with Crippen LogP contribution in [0.1, 0.15) is 16.1 Å². The number of hydrogen-bond donors (Lipinski definition) is 1. The number of imide groups is 1. The minimum Gasteiger partial charge on any atom is -0.465 e. The third kappa shape index (κ3) is 3.22. The van der Waals surface area contributed by atoms with Crippen LogP contribution in [0, 0.1) is 0 Å². The number of halogens is 1. The molecule has 1 saturated heterocycles. The third-order valence-corrected chi connectivity index (χ3v) is 4.34. The number of methoxy groups -OCH3 is 1. The van der Waals surface area contributed by atoms with E-state index in [1.54, 1.807) is 30.3 Å². The van der Waals surface area contributed by atoms with Crippen LogP contribution in [0.15, 0.2) is 39.7 Å². The van der Waals surface area contributed by atoms with Crippen LogP contribution in [0.5, 0.6) is 0 Å². The summed E-state index contributed by atoms with van der Waals surface area (Å²) in [5.74, 6) is -0.141.